The maximum atomic E-state index is 11.3. The molecule has 0 aliphatic rings. The van der Waals surface area contributed by atoms with Gasteiger partial charge < -0.3 is 10.1 Å². The lowest BCUT2D eigenvalue weighted by molar-refractivity contribution is -0.138. The van der Waals surface area contributed by atoms with Gasteiger partial charge in [-0.1, -0.05) is 43.3 Å². The third-order valence-electron chi connectivity index (χ3n) is 4.14. The number of hydrazine groups is 1. The van der Waals surface area contributed by atoms with Crippen molar-refractivity contribution in [3.8, 4) is 0 Å². The Kier molecular flexibility index (Phi) is 9.71. The third-order valence-corrected chi connectivity index (χ3v) is 4.14. The predicted molar refractivity (Wildman–Crippen MR) is 118 cm³/mol. The maximum Gasteiger partial charge on any atom is 0.293 e. The molecule has 7 heteroatoms. The molecule has 0 spiro atoms. The van der Waals surface area contributed by atoms with E-state index in [1.807, 2.05) is 69.3 Å². The molecule has 0 bridgehead atoms. The van der Waals surface area contributed by atoms with E-state index in [0.717, 1.165) is 22.4 Å². The van der Waals surface area contributed by atoms with Gasteiger partial charge in [0.2, 0.25) is 11.8 Å². The fraction of sp³-hybridized carbons (Fsp3) is 0.348. The van der Waals surface area contributed by atoms with Crippen molar-refractivity contribution in [2.45, 2.75) is 52.6 Å². The van der Waals surface area contributed by atoms with Gasteiger partial charge in [0.1, 0.15) is 5.60 Å². The molecule has 30 heavy (non-hydrogen) atoms. The lowest BCUT2D eigenvalue weighted by Gasteiger charge is -2.14. The van der Waals surface area contributed by atoms with Gasteiger partial charge in [-0.2, -0.15) is 0 Å². The summed E-state index contributed by atoms with van der Waals surface area (Å²) in [5, 5.41) is 2.75. The van der Waals surface area contributed by atoms with Gasteiger partial charge >= 0.3 is 0 Å². The van der Waals surface area contributed by atoms with Crippen molar-refractivity contribution in [3.63, 3.8) is 0 Å². The van der Waals surface area contributed by atoms with Gasteiger partial charge in [-0.25, -0.2) is 5.84 Å². The molecule has 4 N–H and O–H groups in total. The molecule has 162 valence electrons. The van der Waals surface area contributed by atoms with Gasteiger partial charge in [0, 0.05) is 18.5 Å². The van der Waals surface area contributed by atoms with Crippen LogP contribution < -0.4 is 16.6 Å². The molecular weight excluding hydrogens is 382 g/mol. The van der Waals surface area contributed by atoms with Crippen LogP contribution in [0, 0.1) is 0 Å². The summed E-state index contributed by atoms with van der Waals surface area (Å²) in [4.78, 5) is 31.9. The quantitative estimate of drug-likeness (QED) is 0.291. The van der Waals surface area contributed by atoms with Crippen LogP contribution in [0.5, 0.6) is 0 Å². The zero-order chi connectivity index (χ0) is 22.7. The zero-order valence-corrected chi connectivity index (χ0v) is 18.2. The van der Waals surface area contributed by atoms with E-state index in [1.165, 1.54) is 6.92 Å². The summed E-state index contributed by atoms with van der Waals surface area (Å²) in [5.41, 5.74) is 5.84. The van der Waals surface area contributed by atoms with E-state index in [0.29, 0.717) is 6.47 Å². The Bertz CT molecular complexity index is 825. The summed E-state index contributed by atoms with van der Waals surface area (Å²) in [6.07, 6.45) is 0.274. The molecule has 0 aromatic heterocycles. The largest absolute Gasteiger partial charge is 0.462 e. The second-order valence-electron chi connectivity index (χ2n) is 7.84. The highest BCUT2D eigenvalue weighted by Crippen LogP contribution is 2.25. The van der Waals surface area contributed by atoms with Gasteiger partial charge in [-0.05, 0) is 49.6 Å². The molecule has 2 aromatic carbocycles. The lowest BCUT2D eigenvalue weighted by atomic mass is 9.92. The average Bonchev–Trinajstić information content (AvgIpc) is 2.67. The first-order chi connectivity index (χ1) is 14.1. The summed E-state index contributed by atoms with van der Waals surface area (Å²) >= 11 is 0. The number of nitrogens with one attached hydrogen (secondary N) is 2. The van der Waals surface area contributed by atoms with Crippen molar-refractivity contribution in [2.75, 3.05) is 5.32 Å². The highest BCUT2D eigenvalue weighted by atomic mass is 16.5. The van der Waals surface area contributed by atoms with Crippen LogP contribution >= 0.6 is 0 Å². The molecule has 0 radical (unpaired) electrons. The first kappa shape index (κ1) is 24.8. The summed E-state index contributed by atoms with van der Waals surface area (Å²) in [6, 6.07) is 15.7. The molecule has 2 amide bonds. The molecule has 0 saturated heterocycles. The zero-order valence-electron chi connectivity index (χ0n) is 18.2. The summed E-state index contributed by atoms with van der Waals surface area (Å²) in [6.45, 7) is 9.53. The molecule has 0 saturated carbocycles. The Hall–Kier alpha value is -3.19. The highest BCUT2D eigenvalue weighted by Gasteiger charge is 2.10. The van der Waals surface area contributed by atoms with Crippen LogP contribution in [0.15, 0.2) is 48.5 Å². The van der Waals surface area contributed by atoms with Crippen molar-refractivity contribution in [1.82, 2.24) is 5.43 Å². The Morgan fingerprint density at radius 1 is 1.03 bits per heavy atom. The SMILES string of the molecule is CC(=O)Nc1ccc(C(C)c2ccc(CC(=O)NN)cc2)cc1.CC(C)(C)OC=O. The molecule has 2 aromatic rings. The molecule has 7 nitrogen and oxygen atoms in total. The monoisotopic (exact) mass is 413 g/mol. The molecule has 0 fully saturated rings. The standard InChI is InChI=1S/C18H21N3O2.C5H10O2/c1-12(16-7-9-17(10-8-16)20-13(2)22)15-5-3-14(4-6-15)11-18(23)21-19;1-5(2,3)7-4-6/h3-10,12H,11,19H2,1-2H3,(H,20,22)(H,21,23);4H,1-3H3. The molecule has 2 rings (SSSR count). The number of hydrogen-bond acceptors (Lipinski definition) is 5. The van der Waals surface area contributed by atoms with Crippen LogP contribution in [0.4, 0.5) is 5.69 Å². The fourth-order valence-corrected chi connectivity index (χ4v) is 2.56. The second-order valence-corrected chi connectivity index (χ2v) is 7.84. The Morgan fingerprint density at radius 3 is 1.90 bits per heavy atom. The third kappa shape index (κ3) is 9.34. The van der Waals surface area contributed by atoms with E-state index in [1.54, 1.807) is 0 Å². The van der Waals surface area contributed by atoms with Crippen molar-refractivity contribution in [2.24, 2.45) is 5.84 Å². The van der Waals surface area contributed by atoms with Crippen LogP contribution in [0.25, 0.3) is 0 Å². The van der Waals surface area contributed by atoms with Crippen molar-refractivity contribution in [1.29, 1.82) is 0 Å². The molecule has 1 unspecified atom stereocenters. The number of benzene rings is 2. The number of rotatable bonds is 6. The van der Waals surface area contributed by atoms with Crippen LogP contribution in [-0.4, -0.2) is 23.9 Å². The van der Waals surface area contributed by atoms with Gasteiger partial charge in [-0.3, -0.25) is 19.8 Å². The Morgan fingerprint density at radius 2 is 1.53 bits per heavy atom. The van der Waals surface area contributed by atoms with E-state index in [4.69, 9.17) is 5.84 Å². The minimum Gasteiger partial charge on any atom is -0.462 e. The topological polar surface area (TPSA) is 111 Å². The van der Waals surface area contributed by atoms with Crippen molar-refractivity contribution in [3.05, 3.63) is 65.2 Å². The maximum absolute atomic E-state index is 11.3. The van der Waals surface area contributed by atoms with E-state index >= 15 is 0 Å². The summed E-state index contributed by atoms with van der Waals surface area (Å²) in [5.74, 6) is 5.02. The molecule has 1 atom stereocenters. The average molecular weight is 414 g/mol. The highest BCUT2D eigenvalue weighted by molar-refractivity contribution is 5.88. The molecular formula is C23H31N3O4. The van der Waals surface area contributed by atoms with E-state index in [-0.39, 0.29) is 29.8 Å². The first-order valence-corrected chi connectivity index (χ1v) is 9.63. The van der Waals surface area contributed by atoms with Crippen LogP contribution in [0.1, 0.15) is 57.2 Å². The number of carbonyl (C=O) groups is 3. The van der Waals surface area contributed by atoms with E-state index in [2.05, 4.69) is 22.4 Å². The fourth-order valence-electron chi connectivity index (χ4n) is 2.56. The number of ether oxygens (including phenoxy) is 1. The number of amides is 2. The van der Waals surface area contributed by atoms with Crippen molar-refractivity contribution < 1.29 is 19.1 Å². The lowest BCUT2D eigenvalue weighted by Crippen LogP contribution is -2.31. The first-order valence-electron chi connectivity index (χ1n) is 9.63. The minimum atomic E-state index is -0.318. The van der Waals surface area contributed by atoms with E-state index < -0.39 is 0 Å². The Balaban J connectivity index is 0.000000553. The number of nitrogens with two attached hydrogens (primary N) is 1. The number of anilines is 1. The van der Waals surface area contributed by atoms with E-state index in [9.17, 15) is 14.4 Å². The molecule has 0 aliphatic carbocycles. The minimum absolute atomic E-state index is 0.0806. The van der Waals surface area contributed by atoms with Crippen LogP contribution in [0.2, 0.25) is 0 Å². The number of hydrogen-bond donors (Lipinski definition) is 3. The van der Waals surface area contributed by atoms with Gasteiger partial charge in [-0.15, -0.1) is 0 Å². The molecule has 0 aliphatic heterocycles. The van der Waals surface area contributed by atoms with Gasteiger partial charge in [0.05, 0.1) is 6.42 Å². The summed E-state index contributed by atoms with van der Waals surface area (Å²) < 4.78 is 4.55. The number of carbonyl (C=O) groups excluding carboxylic acids is 3. The normalized spacial score (nSPS) is 11.4. The predicted octanol–water partition coefficient (Wildman–Crippen LogP) is 3.29. The Labute approximate surface area is 178 Å². The van der Waals surface area contributed by atoms with Crippen LogP contribution in [-0.2, 0) is 25.5 Å². The smallest absolute Gasteiger partial charge is 0.293 e. The summed E-state index contributed by atoms with van der Waals surface area (Å²) in [7, 11) is 0. The van der Waals surface area contributed by atoms with Gasteiger partial charge in [0.25, 0.3) is 6.47 Å². The van der Waals surface area contributed by atoms with Gasteiger partial charge in [0.15, 0.2) is 0 Å². The van der Waals surface area contributed by atoms with Crippen LogP contribution in [0.3, 0.4) is 0 Å². The molecule has 0 heterocycles. The van der Waals surface area contributed by atoms with Crippen molar-refractivity contribution >= 4 is 24.0 Å². The second kappa shape index (κ2) is 11.7.